The fourth-order valence-electron chi connectivity index (χ4n) is 2.19. The van der Waals surface area contributed by atoms with Crippen LogP contribution in [0, 0.1) is 5.92 Å². The van der Waals surface area contributed by atoms with Crippen LogP contribution < -0.4 is 0 Å². The monoisotopic (exact) mass is 274 g/mol. The summed E-state index contributed by atoms with van der Waals surface area (Å²) in [6.45, 7) is 1.64. The Labute approximate surface area is 118 Å². The third-order valence-corrected chi connectivity index (χ3v) is 3.16. The van der Waals surface area contributed by atoms with Gasteiger partial charge in [-0.05, 0) is 18.1 Å². The number of carbonyl (C=O) groups excluding carboxylic acids is 2. The van der Waals surface area contributed by atoms with Gasteiger partial charge in [-0.2, -0.15) is 0 Å². The Morgan fingerprint density at radius 1 is 1.25 bits per heavy atom. The van der Waals surface area contributed by atoms with Crippen LogP contribution in [0.4, 0.5) is 0 Å². The second-order valence-electron chi connectivity index (χ2n) is 4.84. The molecule has 4 heteroatoms. The van der Waals surface area contributed by atoms with Crippen molar-refractivity contribution in [3.63, 3.8) is 0 Å². The van der Waals surface area contributed by atoms with Crippen LogP contribution in [0.5, 0.6) is 0 Å². The van der Waals surface area contributed by atoms with Crippen molar-refractivity contribution in [2.24, 2.45) is 5.92 Å². The van der Waals surface area contributed by atoms with Crippen LogP contribution >= 0.6 is 0 Å². The summed E-state index contributed by atoms with van der Waals surface area (Å²) in [6.07, 6.45) is 4.48. The van der Waals surface area contributed by atoms with Gasteiger partial charge in [0, 0.05) is 13.3 Å². The van der Waals surface area contributed by atoms with Crippen molar-refractivity contribution in [2.75, 3.05) is 0 Å². The van der Waals surface area contributed by atoms with Gasteiger partial charge >= 0.3 is 11.9 Å². The molecular weight excluding hydrogens is 256 g/mol. The Balaban J connectivity index is 1.84. The van der Waals surface area contributed by atoms with Crippen LogP contribution in [-0.4, -0.2) is 18.0 Å². The molecule has 1 aromatic rings. The maximum Gasteiger partial charge on any atom is 0.309 e. The largest absolute Gasteiger partial charge is 0.461 e. The van der Waals surface area contributed by atoms with Crippen LogP contribution in [0.2, 0.25) is 0 Å². The van der Waals surface area contributed by atoms with Crippen LogP contribution in [0.15, 0.2) is 42.5 Å². The molecule has 1 aliphatic carbocycles. The molecule has 4 nitrogen and oxygen atoms in total. The molecule has 106 valence electrons. The highest BCUT2D eigenvalue weighted by Crippen LogP contribution is 2.22. The molecule has 0 bridgehead atoms. The van der Waals surface area contributed by atoms with Crippen LogP contribution in [0.25, 0.3) is 0 Å². The van der Waals surface area contributed by atoms with Crippen molar-refractivity contribution >= 4 is 11.9 Å². The highest BCUT2D eigenvalue weighted by molar-refractivity contribution is 5.73. The first kappa shape index (κ1) is 14.3. The van der Waals surface area contributed by atoms with Crippen LogP contribution in [0.3, 0.4) is 0 Å². The first-order valence-corrected chi connectivity index (χ1v) is 6.69. The number of rotatable bonds is 4. The molecule has 20 heavy (non-hydrogen) atoms. The standard InChI is InChI=1S/C16H18O4/c1-12(17)20-15-9-5-8-14(10-15)16(18)19-11-13-6-3-2-4-7-13/h2-7,9,14-15H,8,10-11H2,1H3/t14-,15+/m0/s1. The van der Waals surface area contributed by atoms with E-state index in [0.29, 0.717) is 12.8 Å². The predicted octanol–water partition coefficient (Wildman–Crippen LogP) is 2.63. The minimum absolute atomic E-state index is 0.240. The molecule has 0 spiro atoms. The first-order valence-electron chi connectivity index (χ1n) is 6.69. The maximum atomic E-state index is 12.0. The number of allylic oxidation sites excluding steroid dienone is 1. The minimum atomic E-state index is -0.335. The van der Waals surface area contributed by atoms with Crippen molar-refractivity contribution in [3.8, 4) is 0 Å². The summed E-state index contributed by atoms with van der Waals surface area (Å²) in [4.78, 5) is 22.9. The second kappa shape index (κ2) is 6.89. The average Bonchev–Trinajstić information content (AvgIpc) is 2.45. The van der Waals surface area contributed by atoms with Gasteiger partial charge in [0.05, 0.1) is 5.92 Å². The molecule has 0 radical (unpaired) electrons. The molecule has 0 fully saturated rings. The molecule has 0 unspecified atom stereocenters. The summed E-state index contributed by atoms with van der Waals surface area (Å²) in [5.41, 5.74) is 0.962. The zero-order valence-electron chi connectivity index (χ0n) is 11.5. The van der Waals surface area contributed by atoms with Gasteiger partial charge in [-0.3, -0.25) is 9.59 Å². The van der Waals surface area contributed by atoms with Gasteiger partial charge < -0.3 is 9.47 Å². The number of benzene rings is 1. The summed E-state index contributed by atoms with van der Waals surface area (Å²) in [7, 11) is 0. The first-order chi connectivity index (χ1) is 9.65. The molecule has 1 aromatic carbocycles. The van der Waals surface area contributed by atoms with E-state index in [0.717, 1.165) is 5.56 Å². The Morgan fingerprint density at radius 3 is 2.70 bits per heavy atom. The molecule has 0 amide bonds. The normalized spacial score (nSPS) is 21.2. The van der Waals surface area contributed by atoms with E-state index in [4.69, 9.17) is 9.47 Å². The second-order valence-corrected chi connectivity index (χ2v) is 4.84. The van der Waals surface area contributed by atoms with Gasteiger partial charge in [0.1, 0.15) is 12.7 Å². The van der Waals surface area contributed by atoms with E-state index in [1.54, 1.807) is 0 Å². The van der Waals surface area contributed by atoms with Crippen LogP contribution in [-0.2, 0) is 25.7 Å². The molecule has 0 saturated heterocycles. The molecule has 0 heterocycles. The number of hydrogen-bond donors (Lipinski definition) is 0. The molecule has 0 aliphatic heterocycles. The van der Waals surface area contributed by atoms with Crippen molar-refractivity contribution in [2.45, 2.75) is 32.5 Å². The van der Waals surface area contributed by atoms with E-state index < -0.39 is 0 Å². The van der Waals surface area contributed by atoms with Gasteiger partial charge in [-0.1, -0.05) is 36.4 Å². The molecular formula is C16H18O4. The van der Waals surface area contributed by atoms with Gasteiger partial charge in [0.15, 0.2) is 0 Å². The fourth-order valence-corrected chi connectivity index (χ4v) is 2.19. The Bertz CT molecular complexity index is 492. The highest BCUT2D eigenvalue weighted by atomic mass is 16.5. The summed E-state index contributed by atoms with van der Waals surface area (Å²) < 4.78 is 10.4. The summed E-state index contributed by atoms with van der Waals surface area (Å²) >= 11 is 0. The van der Waals surface area contributed by atoms with Crippen molar-refractivity contribution in [3.05, 3.63) is 48.0 Å². The van der Waals surface area contributed by atoms with E-state index in [1.165, 1.54) is 6.92 Å². The number of ether oxygens (including phenoxy) is 2. The predicted molar refractivity (Wildman–Crippen MR) is 73.7 cm³/mol. The SMILES string of the molecule is CC(=O)O[C@@H]1C=CC[C@H](C(=O)OCc2ccccc2)C1. The number of hydrogen-bond acceptors (Lipinski definition) is 4. The van der Waals surface area contributed by atoms with E-state index in [1.807, 2.05) is 42.5 Å². The minimum Gasteiger partial charge on any atom is -0.461 e. The third kappa shape index (κ3) is 4.23. The number of esters is 2. The lowest BCUT2D eigenvalue weighted by atomic mass is 9.92. The maximum absolute atomic E-state index is 12.0. The smallest absolute Gasteiger partial charge is 0.309 e. The van der Waals surface area contributed by atoms with Gasteiger partial charge in [0.2, 0.25) is 0 Å². The lowest BCUT2D eigenvalue weighted by molar-refractivity contribution is -0.154. The van der Waals surface area contributed by atoms with E-state index in [9.17, 15) is 9.59 Å². The summed E-state index contributed by atoms with van der Waals surface area (Å²) in [5, 5.41) is 0. The molecule has 0 saturated carbocycles. The molecule has 0 N–H and O–H groups in total. The quantitative estimate of drug-likeness (QED) is 0.625. The van der Waals surface area contributed by atoms with E-state index in [-0.39, 0.29) is 30.6 Å². The molecule has 1 aliphatic rings. The van der Waals surface area contributed by atoms with Gasteiger partial charge in [-0.15, -0.1) is 0 Å². The Hall–Kier alpha value is -2.10. The van der Waals surface area contributed by atoms with Gasteiger partial charge in [-0.25, -0.2) is 0 Å². The molecule has 0 aromatic heterocycles. The Morgan fingerprint density at radius 2 is 2.00 bits per heavy atom. The van der Waals surface area contributed by atoms with Crippen LogP contribution in [0.1, 0.15) is 25.3 Å². The summed E-state index contributed by atoms with van der Waals surface area (Å²) in [6, 6.07) is 9.55. The van der Waals surface area contributed by atoms with E-state index in [2.05, 4.69) is 0 Å². The Kier molecular flexibility index (Phi) is 4.93. The lowest BCUT2D eigenvalue weighted by Crippen LogP contribution is -2.27. The van der Waals surface area contributed by atoms with Crippen molar-refractivity contribution in [1.82, 2.24) is 0 Å². The van der Waals surface area contributed by atoms with Gasteiger partial charge in [0.25, 0.3) is 0 Å². The van der Waals surface area contributed by atoms with Crippen molar-refractivity contribution in [1.29, 1.82) is 0 Å². The van der Waals surface area contributed by atoms with E-state index >= 15 is 0 Å². The average molecular weight is 274 g/mol. The molecule has 2 rings (SSSR count). The number of carbonyl (C=O) groups is 2. The highest BCUT2D eigenvalue weighted by Gasteiger charge is 2.26. The fraction of sp³-hybridized carbons (Fsp3) is 0.375. The third-order valence-electron chi connectivity index (χ3n) is 3.16. The summed E-state index contributed by atoms with van der Waals surface area (Å²) in [5.74, 6) is -0.818. The lowest BCUT2D eigenvalue weighted by Gasteiger charge is -2.23. The zero-order valence-corrected chi connectivity index (χ0v) is 11.5. The molecule has 2 atom stereocenters. The zero-order chi connectivity index (χ0) is 14.4. The topological polar surface area (TPSA) is 52.6 Å². The van der Waals surface area contributed by atoms with Crippen molar-refractivity contribution < 1.29 is 19.1 Å².